The Labute approximate surface area is 102 Å². The van der Waals surface area contributed by atoms with Gasteiger partial charge >= 0.3 is 6.03 Å². The van der Waals surface area contributed by atoms with Gasteiger partial charge in [-0.15, -0.1) is 6.58 Å². The summed E-state index contributed by atoms with van der Waals surface area (Å²) >= 11 is 0. The van der Waals surface area contributed by atoms with Gasteiger partial charge in [0.2, 0.25) is 10.0 Å². The number of carbonyl (C=O) groups excluding carboxylic acids is 1. The number of rotatable bonds is 7. The van der Waals surface area contributed by atoms with E-state index in [0.29, 0.717) is 12.6 Å². The van der Waals surface area contributed by atoms with Crippen molar-refractivity contribution in [2.45, 2.75) is 18.9 Å². The van der Waals surface area contributed by atoms with E-state index in [4.69, 9.17) is 0 Å². The largest absolute Gasteiger partial charge is 0.337 e. The zero-order valence-electron chi connectivity index (χ0n) is 9.98. The van der Waals surface area contributed by atoms with Crippen molar-refractivity contribution in [3.63, 3.8) is 0 Å². The Kier molecular flexibility index (Phi) is 4.95. The normalized spacial score (nSPS) is 15.6. The number of carbonyl (C=O) groups is 1. The molecule has 0 atom stereocenters. The van der Waals surface area contributed by atoms with Crippen molar-refractivity contribution in [1.82, 2.24) is 14.9 Å². The molecule has 1 rings (SSSR count). The summed E-state index contributed by atoms with van der Waals surface area (Å²) < 4.78 is 23.9. The lowest BCUT2D eigenvalue weighted by Crippen LogP contribution is -2.42. The van der Waals surface area contributed by atoms with Crippen LogP contribution in [-0.2, 0) is 10.0 Å². The summed E-state index contributed by atoms with van der Waals surface area (Å²) in [6.07, 6.45) is 4.71. The van der Waals surface area contributed by atoms with Gasteiger partial charge in [-0.3, -0.25) is 0 Å². The molecule has 2 N–H and O–H groups in total. The SMILES string of the molecule is C=CCN(CCNC(=O)NC1CC1)S(C)(=O)=O. The smallest absolute Gasteiger partial charge is 0.315 e. The maximum atomic E-state index is 11.3. The molecular weight excluding hydrogens is 242 g/mol. The van der Waals surface area contributed by atoms with Crippen LogP contribution in [0.1, 0.15) is 12.8 Å². The van der Waals surface area contributed by atoms with Crippen molar-refractivity contribution in [2.24, 2.45) is 0 Å². The van der Waals surface area contributed by atoms with Crippen LogP contribution in [0.2, 0.25) is 0 Å². The van der Waals surface area contributed by atoms with Gasteiger partial charge in [0.05, 0.1) is 6.26 Å². The monoisotopic (exact) mass is 261 g/mol. The molecular formula is C10H19N3O3S. The first-order valence-corrected chi connectivity index (χ1v) is 7.38. The van der Waals surface area contributed by atoms with Crippen LogP contribution in [0.3, 0.4) is 0 Å². The molecule has 0 unspecified atom stereocenters. The van der Waals surface area contributed by atoms with Gasteiger partial charge in [0.1, 0.15) is 0 Å². The lowest BCUT2D eigenvalue weighted by molar-refractivity contribution is 0.239. The van der Waals surface area contributed by atoms with Crippen molar-refractivity contribution in [3.05, 3.63) is 12.7 Å². The summed E-state index contributed by atoms with van der Waals surface area (Å²) in [5, 5.41) is 5.38. The molecule has 1 fully saturated rings. The van der Waals surface area contributed by atoms with Gasteiger partial charge < -0.3 is 10.6 Å². The standard InChI is InChI=1S/C10H19N3O3S/c1-3-7-13(17(2,15)16)8-6-11-10(14)12-9-4-5-9/h3,9H,1,4-8H2,2H3,(H2,11,12,14). The minimum atomic E-state index is -3.25. The van der Waals surface area contributed by atoms with Gasteiger partial charge in [0.25, 0.3) is 0 Å². The molecule has 0 aromatic carbocycles. The highest BCUT2D eigenvalue weighted by molar-refractivity contribution is 7.88. The first-order valence-electron chi connectivity index (χ1n) is 5.54. The van der Waals surface area contributed by atoms with Gasteiger partial charge in [0.15, 0.2) is 0 Å². The third kappa shape index (κ3) is 5.69. The molecule has 0 aromatic heterocycles. The molecule has 0 aromatic rings. The van der Waals surface area contributed by atoms with E-state index in [-0.39, 0.29) is 19.1 Å². The van der Waals surface area contributed by atoms with Crippen molar-refractivity contribution >= 4 is 16.1 Å². The fraction of sp³-hybridized carbons (Fsp3) is 0.700. The molecule has 17 heavy (non-hydrogen) atoms. The van der Waals surface area contributed by atoms with E-state index in [9.17, 15) is 13.2 Å². The molecule has 0 aliphatic heterocycles. The molecule has 1 aliphatic carbocycles. The Bertz CT molecular complexity index is 376. The molecule has 0 heterocycles. The van der Waals surface area contributed by atoms with Gasteiger partial charge in [-0.05, 0) is 12.8 Å². The summed E-state index contributed by atoms with van der Waals surface area (Å²) in [6, 6.07) is 0.0636. The zero-order chi connectivity index (χ0) is 12.9. The minimum absolute atomic E-state index is 0.237. The van der Waals surface area contributed by atoms with Crippen molar-refractivity contribution < 1.29 is 13.2 Å². The molecule has 1 aliphatic rings. The number of hydrogen-bond donors (Lipinski definition) is 2. The van der Waals surface area contributed by atoms with Crippen molar-refractivity contribution in [2.75, 3.05) is 25.9 Å². The number of urea groups is 1. The number of amides is 2. The van der Waals surface area contributed by atoms with Crippen LogP contribution in [0.25, 0.3) is 0 Å². The van der Waals surface area contributed by atoms with Crippen LogP contribution < -0.4 is 10.6 Å². The molecule has 0 radical (unpaired) electrons. The second-order valence-electron chi connectivity index (χ2n) is 4.08. The van der Waals surface area contributed by atoms with Gasteiger partial charge in [-0.25, -0.2) is 13.2 Å². The van der Waals surface area contributed by atoms with Crippen LogP contribution in [0.15, 0.2) is 12.7 Å². The molecule has 0 bridgehead atoms. The molecule has 98 valence electrons. The summed E-state index contributed by atoms with van der Waals surface area (Å²) in [5.41, 5.74) is 0. The van der Waals surface area contributed by atoms with E-state index in [0.717, 1.165) is 19.1 Å². The topological polar surface area (TPSA) is 78.5 Å². The molecule has 1 saturated carbocycles. The Morgan fingerprint density at radius 3 is 2.65 bits per heavy atom. The second kappa shape index (κ2) is 6.02. The fourth-order valence-electron chi connectivity index (χ4n) is 1.29. The Hall–Kier alpha value is -1.08. The van der Waals surface area contributed by atoms with Crippen LogP contribution in [0.4, 0.5) is 4.79 Å². The summed E-state index contributed by atoms with van der Waals surface area (Å²) in [7, 11) is -3.25. The first kappa shape index (κ1) is 14.0. The summed E-state index contributed by atoms with van der Waals surface area (Å²) in [4.78, 5) is 11.3. The summed E-state index contributed by atoms with van der Waals surface area (Å²) in [5.74, 6) is 0. The average Bonchev–Trinajstić information content (AvgIpc) is 2.99. The maximum absolute atomic E-state index is 11.3. The molecule has 2 amide bonds. The van der Waals surface area contributed by atoms with E-state index in [1.54, 1.807) is 0 Å². The average molecular weight is 261 g/mol. The van der Waals surface area contributed by atoms with Crippen molar-refractivity contribution in [1.29, 1.82) is 0 Å². The molecule has 0 spiro atoms. The highest BCUT2D eigenvalue weighted by atomic mass is 32.2. The van der Waals surface area contributed by atoms with E-state index < -0.39 is 10.0 Å². The van der Waals surface area contributed by atoms with Crippen LogP contribution in [0, 0.1) is 0 Å². The van der Waals surface area contributed by atoms with E-state index in [1.165, 1.54) is 10.4 Å². The van der Waals surface area contributed by atoms with Crippen LogP contribution in [-0.4, -0.2) is 50.7 Å². The predicted molar refractivity (Wildman–Crippen MR) is 66.2 cm³/mol. The van der Waals surface area contributed by atoms with E-state index >= 15 is 0 Å². The number of hydrogen-bond acceptors (Lipinski definition) is 3. The number of sulfonamides is 1. The third-order valence-corrected chi connectivity index (χ3v) is 3.63. The van der Waals surface area contributed by atoms with Crippen LogP contribution >= 0.6 is 0 Å². The molecule has 7 heteroatoms. The van der Waals surface area contributed by atoms with Crippen molar-refractivity contribution in [3.8, 4) is 0 Å². The van der Waals surface area contributed by atoms with E-state index in [2.05, 4.69) is 17.2 Å². The Morgan fingerprint density at radius 1 is 1.53 bits per heavy atom. The molecule has 6 nitrogen and oxygen atoms in total. The minimum Gasteiger partial charge on any atom is -0.337 e. The van der Waals surface area contributed by atoms with Crippen LogP contribution in [0.5, 0.6) is 0 Å². The number of nitrogens with zero attached hydrogens (tertiary/aromatic N) is 1. The van der Waals surface area contributed by atoms with Gasteiger partial charge in [-0.2, -0.15) is 4.31 Å². The third-order valence-electron chi connectivity index (χ3n) is 2.36. The highest BCUT2D eigenvalue weighted by Crippen LogP contribution is 2.18. The molecule has 0 saturated heterocycles. The predicted octanol–water partition coefficient (Wildman–Crippen LogP) is -0.104. The Morgan fingerprint density at radius 2 is 2.18 bits per heavy atom. The summed E-state index contributed by atoms with van der Waals surface area (Å²) in [6.45, 7) is 4.30. The quantitative estimate of drug-likeness (QED) is 0.628. The highest BCUT2D eigenvalue weighted by Gasteiger charge is 2.23. The number of nitrogens with one attached hydrogen (secondary N) is 2. The Balaban J connectivity index is 2.26. The zero-order valence-corrected chi connectivity index (χ0v) is 10.8. The second-order valence-corrected chi connectivity index (χ2v) is 6.07. The lowest BCUT2D eigenvalue weighted by Gasteiger charge is -2.18. The lowest BCUT2D eigenvalue weighted by atomic mass is 10.5. The fourth-order valence-corrected chi connectivity index (χ4v) is 2.09. The van der Waals surface area contributed by atoms with Gasteiger partial charge in [-0.1, -0.05) is 6.08 Å². The maximum Gasteiger partial charge on any atom is 0.315 e. The first-order chi connectivity index (χ1) is 7.93. The van der Waals surface area contributed by atoms with Gasteiger partial charge in [0, 0.05) is 25.7 Å². The van der Waals surface area contributed by atoms with E-state index in [1.807, 2.05) is 0 Å².